The largest absolute Gasteiger partial charge is 0.419 e. The van der Waals surface area contributed by atoms with Gasteiger partial charge in [0.15, 0.2) is 5.58 Å². The molecule has 1 amide bonds. The third kappa shape index (κ3) is 3.81. The first kappa shape index (κ1) is 20.5. The lowest BCUT2D eigenvalue weighted by Crippen LogP contribution is -2.46. The van der Waals surface area contributed by atoms with E-state index in [4.69, 9.17) is 9.15 Å². The van der Waals surface area contributed by atoms with E-state index in [0.29, 0.717) is 18.4 Å². The number of benzene rings is 2. The van der Waals surface area contributed by atoms with Crippen LogP contribution in [0.5, 0.6) is 0 Å². The van der Waals surface area contributed by atoms with Crippen LogP contribution in [0.4, 0.5) is 0 Å². The molecule has 0 radical (unpaired) electrons. The highest BCUT2D eigenvalue weighted by Gasteiger charge is 2.41. The zero-order valence-corrected chi connectivity index (χ0v) is 17.7. The van der Waals surface area contributed by atoms with E-state index in [0.717, 1.165) is 35.2 Å². The molecule has 5 rings (SSSR count). The molecule has 32 heavy (non-hydrogen) atoms. The maximum absolute atomic E-state index is 12.6. The van der Waals surface area contributed by atoms with E-state index >= 15 is 0 Å². The molecule has 0 bridgehead atoms. The quantitative estimate of drug-likeness (QED) is 0.637. The smallest absolute Gasteiger partial charge is 0.408 e. The minimum absolute atomic E-state index is 0.0996. The van der Waals surface area contributed by atoms with Crippen LogP contribution in [0.25, 0.3) is 22.2 Å². The molecule has 0 spiro atoms. The van der Waals surface area contributed by atoms with Gasteiger partial charge in [-0.3, -0.25) is 9.36 Å². The number of carbonyl (C=O) groups excluding carboxylic acids is 1. The van der Waals surface area contributed by atoms with Crippen molar-refractivity contribution in [3.63, 3.8) is 0 Å². The predicted octanol–water partition coefficient (Wildman–Crippen LogP) is 1.87. The first-order chi connectivity index (χ1) is 15.5. The van der Waals surface area contributed by atoms with Crippen LogP contribution in [-0.2, 0) is 23.0 Å². The molecule has 8 heteroatoms. The first-order valence-corrected chi connectivity index (χ1v) is 10.8. The maximum atomic E-state index is 12.6. The third-order valence-corrected chi connectivity index (χ3v) is 6.40. The van der Waals surface area contributed by atoms with Gasteiger partial charge in [0.1, 0.15) is 6.04 Å². The number of oxazole rings is 1. The van der Waals surface area contributed by atoms with Gasteiger partial charge in [0.25, 0.3) is 0 Å². The number of aryl methyl sites for hydroxylation is 1. The number of fused-ring (bicyclic) bond motifs is 2. The van der Waals surface area contributed by atoms with Crippen molar-refractivity contribution in [3.05, 3.63) is 58.6 Å². The second-order valence-electron chi connectivity index (χ2n) is 8.46. The maximum Gasteiger partial charge on any atom is 0.419 e. The molecule has 2 aromatic carbocycles. The summed E-state index contributed by atoms with van der Waals surface area (Å²) >= 11 is 0. The van der Waals surface area contributed by atoms with Crippen molar-refractivity contribution in [1.82, 2.24) is 15.2 Å². The van der Waals surface area contributed by atoms with E-state index in [1.54, 1.807) is 13.1 Å². The molecule has 4 unspecified atom stereocenters. The van der Waals surface area contributed by atoms with E-state index in [2.05, 4.69) is 16.7 Å². The van der Waals surface area contributed by atoms with Crippen LogP contribution in [0.2, 0.25) is 0 Å². The standard InChI is InChI=1S/C24H24N4O4/c1-28-20-11-16(6-7-21(20)32-24(28)30)15-4-2-14(3-5-15)10-17(13-25)26-23(29)19-12-22-18(27-19)8-9-31-22/h2-7,11,17-19,22,27H,8-10,12H2,1H3,(H,26,29). The Morgan fingerprint density at radius 3 is 2.81 bits per heavy atom. The minimum atomic E-state index is -0.603. The third-order valence-electron chi connectivity index (χ3n) is 6.40. The molecule has 8 nitrogen and oxygen atoms in total. The number of carbonyl (C=O) groups is 1. The van der Waals surface area contributed by atoms with E-state index in [-0.39, 0.29) is 29.9 Å². The minimum Gasteiger partial charge on any atom is -0.408 e. The fourth-order valence-electron chi connectivity index (χ4n) is 4.59. The van der Waals surface area contributed by atoms with Crippen LogP contribution < -0.4 is 16.4 Å². The molecule has 2 fully saturated rings. The number of ether oxygens (including phenoxy) is 1. The van der Waals surface area contributed by atoms with Crippen LogP contribution in [-0.4, -0.2) is 41.3 Å². The molecule has 2 N–H and O–H groups in total. The second kappa shape index (κ2) is 8.26. The first-order valence-electron chi connectivity index (χ1n) is 10.8. The van der Waals surface area contributed by atoms with Crippen LogP contribution >= 0.6 is 0 Å². The summed E-state index contributed by atoms with van der Waals surface area (Å²) in [6.45, 7) is 0.738. The summed E-state index contributed by atoms with van der Waals surface area (Å²) in [5, 5.41) is 15.7. The van der Waals surface area contributed by atoms with Crippen LogP contribution in [0, 0.1) is 11.3 Å². The van der Waals surface area contributed by atoms with Gasteiger partial charge in [0, 0.05) is 26.1 Å². The van der Waals surface area contributed by atoms with Gasteiger partial charge in [-0.2, -0.15) is 5.26 Å². The van der Waals surface area contributed by atoms with Gasteiger partial charge >= 0.3 is 5.76 Å². The Hall–Kier alpha value is -3.41. The average molecular weight is 432 g/mol. The molecule has 1 aromatic heterocycles. The Morgan fingerprint density at radius 1 is 1.28 bits per heavy atom. The summed E-state index contributed by atoms with van der Waals surface area (Å²) in [5.41, 5.74) is 4.20. The predicted molar refractivity (Wildman–Crippen MR) is 118 cm³/mol. The van der Waals surface area contributed by atoms with Crippen molar-refractivity contribution in [1.29, 1.82) is 5.26 Å². The zero-order chi connectivity index (χ0) is 22.2. The number of nitriles is 1. The highest BCUT2D eigenvalue weighted by molar-refractivity contribution is 5.83. The van der Waals surface area contributed by atoms with Crippen molar-refractivity contribution in [2.45, 2.75) is 43.5 Å². The number of hydrogen-bond donors (Lipinski definition) is 2. The number of nitrogens with one attached hydrogen (secondary N) is 2. The lowest BCUT2D eigenvalue weighted by atomic mass is 10.0. The van der Waals surface area contributed by atoms with Crippen LogP contribution in [0.3, 0.4) is 0 Å². The van der Waals surface area contributed by atoms with Gasteiger partial charge in [-0.25, -0.2) is 4.79 Å². The van der Waals surface area contributed by atoms with Gasteiger partial charge in [-0.15, -0.1) is 0 Å². The molecular formula is C24H24N4O4. The van der Waals surface area contributed by atoms with Crippen molar-refractivity contribution in [3.8, 4) is 17.2 Å². The van der Waals surface area contributed by atoms with E-state index < -0.39 is 6.04 Å². The highest BCUT2D eigenvalue weighted by Crippen LogP contribution is 2.26. The molecule has 4 atom stereocenters. The zero-order valence-electron chi connectivity index (χ0n) is 17.7. The Labute approximate surface area is 184 Å². The van der Waals surface area contributed by atoms with Crippen molar-refractivity contribution in [2.24, 2.45) is 7.05 Å². The normalized spacial score (nSPS) is 23.1. The summed E-state index contributed by atoms with van der Waals surface area (Å²) in [5.74, 6) is -0.536. The van der Waals surface area contributed by atoms with Gasteiger partial charge in [-0.05, 0) is 41.7 Å². The Bertz CT molecular complexity index is 1240. The average Bonchev–Trinajstić information content (AvgIpc) is 3.48. The molecule has 2 aliphatic rings. The van der Waals surface area contributed by atoms with Crippen molar-refractivity contribution >= 4 is 17.0 Å². The fourth-order valence-corrected chi connectivity index (χ4v) is 4.59. The molecule has 3 heterocycles. The van der Waals surface area contributed by atoms with Gasteiger partial charge in [0.2, 0.25) is 5.91 Å². The van der Waals surface area contributed by atoms with Gasteiger partial charge in [-0.1, -0.05) is 30.3 Å². The molecule has 3 aromatic rings. The molecule has 2 aliphatic heterocycles. The molecule has 2 saturated heterocycles. The van der Waals surface area contributed by atoms with Crippen molar-refractivity contribution in [2.75, 3.05) is 6.61 Å². The number of rotatable bonds is 5. The Morgan fingerprint density at radius 2 is 2.06 bits per heavy atom. The lowest BCUT2D eigenvalue weighted by Gasteiger charge is -2.17. The number of hydrogen-bond acceptors (Lipinski definition) is 6. The lowest BCUT2D eigenvalue weighted by molar-refractivity contribution is -0.123. The molecular weight excluding hydrogens is 408 g/mol. The van der Waals surface area contributed by atoms with Crippen molar-refractivity contribution < 1.29 is 13.9 Å². The second-order valence-corrected chi connectivity index (χ2v) is 8.46. The highest BCUT2D eigenvalue weighted by atomic mass is 16.5. The molecule has 0 aliphatic carbocycles. The summed E-state index contributed by atoms with van der Waals surface area (Å²) < 4.78 is 12.3. The van der Waals surface area contributed by atoms with Gasteiger partial charge in [0.05, 0.1) is 23.7 Å². The van der Waals surface area contributed by atoms with E-state index in [1.165, 1.54) is 4.57 Å². The molecule has 0 saturated carbocycles. The summed E-state index contributed by atoms with van der Waals surface area (Å²) in [4.78, 5) is 24.3. The summed E-state index contributed by atoms with van der Waals surface area (Å²) in [6, 6.07) is 15.0. The van der Waals surface area contributed by atoms with E-state index in [1.807, 2.05) is 36.4 Å². The summed E-state index contributed by atoms with van der Waals surface area (Å²) in [7, 11) is 1.68. The fraction of sp³-hybridized carbons (Fsp3) is 0.375. The SMILES string of the molecule is Cn1c(=O)oc2ccc(-c3ccc(CC(C#N)NC(=O)C4CC5OCCC5N4)cc3)cc21. The molecule has 164 valence electrons. The summed E-state index contributed by atoms with van der Waals surface area (Å²) in [6.07, 6.45) is 2.10. The van der Waals surface area contributed by atoms with Crippen LogP contribution in [0.15, 0.2) is 51.7 Å². The number of nitrogens with zero attached hydrogens (tertiary/aromatic N) is 2. The van der Waals surface area contributed by atoms with Gasteiger partial charge < -0.3 is 19.8 Å². The topological polar surface area (TPSA) is 109 Å². The number of aromatic nitrogens is 1. The number of amides is 1. The Balaban J connectivity index is 1.24. The Kier molecular flexibility index (Phi) is 5.29. The van der Waals surface area contributed by atoms with Crippen LogP contribution in [0.1, 0.15) is 18.4 Å². The monoisotopic (exact) mass is 432 g/mol. The van der Waals surface area contributed by atoms with E-state index in [9.17, 15) is 14.9 Å².